The third-order valence-corrected chi connectivity index (χ3v) is 7.43. The molecule has 7 heteroatoms. The van der Waals surface area contributed by atoms with Crippen LogP contribution in [0, 0.1) is 5.92 Å². The highest BCUT2D eigenvalue weighted by Gasteiger charge is 2.32. The van der Waals surface area contributed by atoms with E-state index >= 15 is 0 Å². The summed E-state index contributed by atoms with van der Waals surface area (Å²) in [5.41, 5.74) is 0. The van der Waals surface area contributed by atoms with Crippen molar-refractivity contribution in [2.75, 3.05) is 13.1 Å². The van der Waals surface area contributed by atoms with Crippen molar-refractivity contribution in [1.82, 2.24) is 14.6 Å². The summed E-state index contributed by atoms with van der Waals surface area (Å²) in [7, 11) is -3.51. The highest BCUT2D eigenvalue weighted by Crippen LogP contribution is 2.24. The average molecular weight is 380 g/mol. The third kappa shape index (κ3) is 4.82. The highest BCUT2D eigenvalue weighted by atomic mass is 32.2. The van der Waals surface area contributed by atoms with Crippen LogP contribution in [0.25, 0.3) is 0 Å². The maximum Gasteiger partial charge on any atom is 0.244 e. The van der Waals surface area contributed by atoms with Gasteiger partial charge in [-0.15, -0.1) is 0 Å². The van der Waals surface area contributed by atoms with Gasteiger partial charge in [0.2, 0.25) is 15.9 Å². The molecule has 0 aromatic carbocycles. The van der Waals surface area contributed by atoms with E-state index in [4.69, 9.17) is 0 Å². The van der Waals surface area contributed by atoms with E-state index in [0.29, 0.717) is 32.0 Å². The van der Waals surface area contributed by atoms with Crippen LogP contribution in [-0.4, -0.2) is 42.7 Å². The van der Waals surface area contributed by atoms with Gasteiger partial charge in [0.25, 0.3) is 0 Å². The van der Waals surface area contributed by atoms with Gasteiger partial charge in [0, 0.05) is 37.4 Å². The first-order valence-electron chi connectivity index (χ1n) is 9.78. The lowest BCUT2D eigenvalue weighted by Gasteiger charge is -2.31. The SMILES string of the molecule is O=C(NC1CCCCCCC1)C1CCN(S(=O)(=O)c2cccnc2)CC1. The topological polar surface area (TPSA) is 79.4 Å². The number of hydrogen-bond donors (Lipinski definition) is 1. The number of nitrogens with one attached hydrogen (secondary N) is 1. The van der Waals surface area contributed by atoms with Crippen molar-refractivity contribution in [3.8, 4) is 0 Å². The summed E-state index contributed by atoms with van der Waals surface area (Å²) in [6.07, 6.45) is 12.4. The van der Waals surface area contributed by atoms with Gasteiger partial charge in [-0.2, -0.15) is 4.31 Å². The Morgan fingerprint density at radius 3 is 2.31 bits per heavy atom. The summed E-state index contributed by atoms with van der Waals surface area (Å²) >= 11 is 0. The number of nitrogens with zero attached hydrogens (tertiary/aromatic N) is 2. The monoisotopic (exact) mass is 379 g/mol. The Morgan fingerprint density at radius 2 is 1.69 bits per heavy atom. The van der Waals surface area contributed by atoms with Crippen LogP contribution in [0.5, 0.6) is 0 Å². The van der Waals surface area contributed by atoms with Gasteiger partial charge >= 0.3 is 0 Å². The van der Waals surface area contributed by atoms with Crippen molar-refractivity contribution >= 4 is 15.9 Å². The lowest BCUT2D eigenvalue weighted by molar-refractivity contribution is -0.127. The fourth-order valence-corrected chi connectivity index (χ4v) is 5.36. The molecule has 1 saturated heterocycles. The van der Waals surface area contributed by atoms with Crippen LogP contribution < -0.4 is 5.32 Å². The summed E-state index contributed by atoms with van der Waals surface area (Å²) in [5, 5.41) is 3.22. The summed E-state index contributed by atoms with van der Waals surface area (Å²) in [6.45, 7) is 0.778. The molecule has 2 heterocycles. The van der Waals surface area contributed by atoms with Gasteiger partial charge < -0.3 is 5.32 Å². The molecule has 3 rings (SSSR count). The molecule has 0 atom stereocenters. The lowest BCUT2D eigenvalue weighted by atomic mass is 9.94. The largest absolute Gasteiger partial charge is 0.353 e. The number of hydrogen-bond acceptors (Lipinski definition) is 4. The Morgan fingerprint density at radius 1 is 1.04 bits per heavy atom. The van der Waals surface area contributed by atoms with Crippen molar-refractivity contribution in [3.05, 3.63) is 24.5 Å². The predicted octanol–water partition coefficient (Wildman–Crippen LogP) is 2.71. The number of rotatable bonds is 4. The van der Waals surface area contributed by atoms with E-state index < -0.39 is 10.0 Å². The van der Waals surface area contributed by atoms with Crippen LogP contribution in [0.15, 0.2) is 29.4 Å². The van der Waals surface area contributed by atoms with Gasteiger partial charge in [0.15, 0.2) is 0 Å². The van der Waals surface area contributed by atoms with Crippen LogP contribution in [0.2, 0.25) is 0 Å². The lowest BCUT2D eigenvalue weighted by Crippen LogP contribution is -2.45. The van der Waals surface area contributed by atoms with Crippen LogP contribution in [0.4, 0.5) is 0 Å². The molecule has 6 nitrogen and oxygen atoms in total. The molecule has 1 aromatic rings. The van der Waals surface area contributed by atoms with Gasteiger partial charge in [-0.3, -0.25) is 9.78 Å². The van der Waals surface area contributed by atoms with Gasteiger partial charge in [0.05, 0.1) is 0 Å². The molecule has 1 aromatic heterocycles. The van der Waals surface area contributed by atoms with Gasteiger partial charge in [-0.1, -0.05) is 32.1 Å². The molecule has 2 fully saturated rings. The standard InChI is InChI=1S/C19H29N3O3S/c23-19(21-17-7-4-2-1-3-5-8-17)16-10-13-22(14-11-16)26(24,25)18-9-6-12-20-15-18/h6,9,12,15-17H,1-5,7-8,10-11,13-14H2,(H,21,23). The van der Waals surface area contributed by atoms with E-state index in [1.807, 2.05) is 0 Å². The number of carbonyl (C=O) groups excluding carboxylic acids is 1. The Kier molecular flexibility index (Phi) is 6.64. The number of pyridine rings is 1. The molecule has 1 aliphatic carbocycles. The molecule has 144 valence electrons. The second-order valence-electron chi connectivity index (χ2n) is 7.42. The minimum atomic E-state index is -3.51. The normalized spacial score (nSPS) is 21.7. The smallest absolute Gasteiger partial charge is 0.244 e. The molecule has 2 aliphatic rings. The molecular formula is C19H29N3O3S. The third-order valence-electron chi connectivity index (χ3n) is 5.55. The van der Waals surface area contributed by atoms with E-state index in [-0.39, 0.29) is 16.7 Å². The average Bonchev–Trinajstić information content (AvgIpc) is 2.64. The van der Waals surface area contributed by atoms with Crippen LogP contribution >= 0.6 is 0 Å². The molecule has 1 aliphatic heterocycles. The number of amides is 1. The molecule has 1 amide bonds. The minimum absolute atomic E-state index is 0.0826. The van der Waals surface area contributed by atoms with Crippen molar-refractivity contribution in [1.29, 1.82) is 0 Å². The van der Waals surface area contributed by atoms with E-state index in [1.165, 1.54) is 42.6 Å². The van der Waals surface area contributed by atoms with E-state index in [2.05, 4.69) is 10.3 Å². The van der Waals surface area contributed by atoms with E-state index in [0.717, 1.165) is 12.8 Å². The second-order valence-corrected chi connectivity index (χ2v) is 9.36. The number of sulfonamides is 1. The van der Waals surface area contributed by atoms with E-state index in [1.54, 1.807) is 18.3 Å². The van der Waals surface area contributed by atoms with Crippen LogP contribution in [-0.2, 0) is 14.8 Å². The fraction of sp³-hybridized carbons (Fsp3) is 0.684. The number of piperidine rings is 1. The first kappa shape index (κ1) is 19.3. The molecular weight excluding hydrogens is 350 g/mol. The van der Waals surface area contributed by atoms with Gasteiger partial charge in [0.1, 0.15) is 4.90 Å². The Hall–Kier alpha value is -1.47. The first-order valence-corrected chi connectivity index (χ1v) is 11.2. The molecule has 26 heavy (non-hydrogen) atoms. The second kappa shape index (κ2) is 8.95. The molecule has 1 saturated carbocycles. The van der Waals surface area contributed by atoms with Gasteiger partial charge in [-0.25, -0.2) is 8.42 Å². The van der Waals surface area contributed by atoms with Gasteiger partial charge in [-0.05, 0) is 37.8 Å². The zero-order valence-electron chi connectivity index (χ0n) is 15.3. The quantitative estimate of drug-likeness (QED) is 0.872. The Balaban J connectivity index is 1.52. The van der Waals surface area contributed by atoms with Crippen molar-refractivity contribution < 1.29 is 13.2 Å². The van der Waals surface area contributed by atoms with Crippen LogP contribution in [0.3, 0.4) is 0 Å². The fourth-order valence-electron chi connectivity index (χ4n) is 3.93. The molecule has 0 radical (unpaired) electrons. The van der Waals surface area contributed by atoms with Crippen molar-refractivity contribution in [2.45, 2.75) is 68.7 Å². The maximum absolute atomic E-state index is 12.6. The zero-order valence-corrected chi connectivity index (χ0v) is 16.1. The van der Waals surface area contributed by atoms with Crippen LogP contribution in [0.1, 0.15) is 57.8 Å². The molecule has 0 bridgehead atoms. The summed E-state index contributed by atoms with van der Waals surface area (Å²) in [4.78, 5) is 16.7. The zero-order chi connectivity index (χ0) is 18.4. The molecule has 0 spiro atoms. The first-order chi connectivity index (χ1) is 12.6. The van der Waals surface area contributed by atoms with Crippen molar-refractivity contribution in [3.63, 3.8) is 0 Å². The summed E-state index contributed by atoms with van der Waals surface area (Å²) in [6, 6.07) is 3.48. The van der Waals surface area contributed by atoms with E-state index in [9.17, 15) is 13.2 Å². The Bertz CT molecular complexity index is 677. The molecule has 0 unspecified atom stereocenters. The highest BCUT2D eigenvalue weighted by molar-refractivity contribution is 7.89. The molecule has 1 N–H and O–H groups in total. The Labute approximate surface area is 156 Å². The maximum atomic E-state index is 12.6. The number of aromatic nitrogens is 1. The predicted molar refractivity (Wildman–Crippen MR) is 100.0 cm³/mol. The minimum Gasteiger partial charge on any atom is -0.353 e. The van der Waals surface area contributed by atoms with Crippen molar-refractivity contribution in [2.24, 2.45) is 5.92 Å². The number of carbonyl (C=O) groups is 1. The summed E-state index contributed by atoms with van der Waals surface area (Å²) < 4.78 is 26.7. The summed E-state index contributed by atoms with van der Waals surface area (Å²) in [5.74, 6) is 0.0230.